The predicted molar refractivity (Wildman–Crippen MR) is 52.6 cm³/mol. The van der Waals surface area contributed by atoms with Crippen molar-refractivity contribution in [3.05, 3.63) is 0 Å². The molecule has 0 aliphatic carbocycles. The first-order chi connectivity index (χ1) is 6.25. The fraction of sp³-hybridized carbons (Fsp3) is 0.600. The molecule has 0 bridgehead atoms. The Morgan fingerprint density at radius 2 is 0.750 bits per heavy atom. The number of rotatable bonds is 4. The molecule has 0 amide bonds. The van der Waals surface area contributed by atoms with E-state index in [2.05, 4.69) is 0 Å². The smallest absolute Gasteiger partial charge is 2.00 e. The molecule has 0 saturated heterocycles. The molecule has 0 fully saturated rings. The molecular formula is C10H16MoO5+2. The number of Topliss-reactive ketones (excluding diaryl/α,β-unsaturated/α-hetero) is 4. The first-order valence-corrected chi connectivity index (χ1v) is 4.23. The Kier molecular flexibility index (Phi) is 22.0. The van der Waals surface area contributed by atoms with Gasteiger partial charge < -0.3 is 5.48 Å². The van der Waals surface area contributed by atoms with Gasteiger partial charge in [0, 0.05) is 0 Å². The van der Waals surface area contributed by atoms with Gasteiger partial charge in [-0.1, -0.05) is 0 Å². The summed E-state index contributed by atoms with van der Waals surface area (Å²) in [5, 5.41) is 0. The third-order valence-corrected chi connectivity index (χ3v) is 0.996. The molecular weight excluding hydrogens is 296 g/mol. The van der Waals surface area contributed by atoms with Crippen LogP contribution in [0.15, 0.2) is 0 Å². The molecule has 0 aliphatic rings. The molecule has 0 spiro atoms. The molecule has 0 aliphatic heterocycles. The number of ketones is 4. The van der Waals surface area contributed by atoms with E-state index in [0.717, 1.165) is 0 Å². The minimum Gasteiger partial charge on any atom is -2.00 e. The van der Waals surface area contributed by atoms with Crippen LogP contribution < -0.4 is 0 Å². The van der Waals surface area contributed by atoms with Gasteiger partial charge in [0.05, 0.1) is 12.8 Å². The SMILES string of the molecule is CC(=O)CC(C)=O.CC(=O)CC(C)=O.[Mo+4].[O-2]. The Balaban J connectivity index is -0.0000000800. The topological polar surface area (TPSA) is 96.8 Å². The molecule has 6 heteroatoms. The molecule has 0 rings (SSSR count). The van der Waals surface area contributed by atoms with Crippen molar-refractivity contribution in [1.29, 1.82) is 0 Å². The van der Waals surface area contributed by atoms with Crippen LogP contribution in [0.2, 0.25) is 0 Å². The van der Waals surface area contributed by atoms with Gasteiger partial charge in [-0.05, 0) is 27.7 Å². The maximum Gasteiger partial charge on any atom is 4.00 e. The van der Waals surface area contributed by atoms with Crippen LogP contribution in [-0.4, -0.2) is 23.1 Å². The van der Waals surface area contributed by atoms with E-state index in [0.29, 0.717) is 0 Å². The van der Waals surface area contributed by atoms with E-state index in [-0.39, 0.29) is 62.5 Å². The quantitative estimate of drug-likeness (QED) is 0.571. The Labute approximate surface area is 110 Å². The molecule has 0 saturated carbocycles. The molecule has 0 aromatic carbocycles. The van der Waals surface area contributed by atoms with Gasteiger partial charge in [-0.2, -0.15) is 0 Å². The van der Waals surface area contributed by atoms with Crippen molar-refractivity contribution < 1.29 is 45.7 Å². The minimum absolute atomic E-state index is 0. The van der Waals surface area contributed by atoms with E-state index in [9.17, 15) is 19.2 Å². The number of hydrogen-bond acceptors (Lipinski definition) is 4. The summed E-state index contributed by atoms with van der Waals surface area (Å²) in [6.45, 7) is 5.62. The Morgan fingerprint density at radius 3 is 0.750 bits per heavy atom. The largest absolute Gasteiger partial charge is 4.00 e. The van der Waals surface area contributed by atoms with Gasteiger partial charge in [0.15, 0.2) is 0 Å². The van der Waals surface area contributed by atoms with Crippen LogP contribution in [0, 0.1) is 0 Å². The van der Waals surface area contributed by atoms with Gasteiger partial charge in [-0.15, -0.1) is 0 Å². The fourth-order valence-corrected chi connectivity index (χ4v) is 0.701. The standard InChI is InChI=1S/2C5H8O2.Mo.O/c2*1-4(6)3-5(2)7;;/h2*3H2,1-2H3;;/q;;+4;-2. The Bertz CT molecular complexity index is 198. The second kappa shape index (κ2) is 14.3. The number of carbonyl (C=O) groups is 4. The molecule has 0 aromatic heterocycles. The summed E-state index contributed by atoms with van der Waals surface area (Å²) >= 11 is 0. The number of carbonyl (C=O) groups excluding carboxylic acids is 4. The van der Waals surface area contributed by atoms with E-state index in [1.807, 2.05) is 0 Å². The average Bonchev–Trinajstić information content (AvgIpc) is 1.79. The Morgan fingerprint density at radius 1 is 0.625 bits per heavy atom. The molecule has 90 valence electrons. The summed E-state index contributed by atoms with van der Waals surface area (Å²) in [6.07, 6.45) is 0.167. The molecule has 0 heterocycles. The van der Waals surface area contributed by atoms with Crippen LogP contribution in [0.3, 0.4) is 0 Å². The summed E-state index contributed by atoms with van der Waals surface area (Å²) in [5.41, 5.74) is 0. The summed E-state index contributed by atoms with van der Waals surface area (Å²) in [5.74, 6) is -0.250. The van der Waals surface area contributed by atoms with Gasteiger partial charge >= 0.3 is 21.1 Å². The Hall–Kier alpha value is -0.672. The molecule has 0 radical (unpaired) electrons. The zero-order valence-electron chi connectivity index (χ0n) is 9.86. The third kappa shape index (κ3) is 37.7. The van der Waals surface area contributed by atoms with Crippen molar-refractivity contribution in [2.75, 3.05) is 0 Å². The maximum atomic E-state index is 10.0. The van der Waals surface area contributed by atoms with Crippen LogP contribution in [0.25, 0.3) is 0 Å². The fourth-order valence-electron chi connectivity index (χ4n) is 0.701. The van der Waals surface area contributed by atoms with Gasteiger partial charge in [0.2, 0.25) is 0 Å². The van der Waals surface area contributed by atoms with Crippen LogP contribution in [0.4, 0.5) is 0 Å². The van der Waals surface area contributed by atoms with Crippen molar-refractivity contribution >= 4 is 23.1 Å². The zero-order chi connectivity index (χ0) is 11.7. The van der Waals surface area contributed by atoms with Gasteiger partial charge in [-0.3, -0.25) is 19.2 Å². The predicted octanol–water partition coefficient (Wildman–Crippen LogP) is 0.988. The van der Waals surface area contributed by atoms with Crippen molar-refractivity contribution in [1.82, 2.24) is 0 Å². The summed E-state index contributed by atoms with van der Waals surface area (Å²) < 4.78 is 0. The molecule has 0 aromatic rings. The normalized spacial score (nSPS) is 7.25. The van der Waals surface area contributed by atoms with E-state index in [1.165, 1.54) is 27.7 Å². The van der Waals surface area contributed by atoms with E-state index >= 15 is 0 Å². The minimum atomic E-state index is -0.0625. The average molecular weight is 312 g/mol. The zero-order valence-corrected chi connectivity index (χ0v) is 11.9. The third-order valence-electron chi connectivity index (χ3n) is 0.996. The summed E-state index contributed by atoms with van der Waals surface area (Å²) in [4.78, 5) is 40.1. The van der Waals surface area contributed by atoms with Crippen molar-refractivity contribution in [2.24, 2.45) is 0 Å². The van der Waals surface area contributed by atoms with E-state index < -0.39 is 0 Å². The second-order valence-corrected chi connectivity index (χ2v) is 3.16. The summed E-state index contributed by atoms with van der Waals surface area (Å²) in [7, 11) is 0. The number of hydrogen-bond donors (Lipinski definition) is 0. The van der Waals surface area contributed by atoms with Crippen LogP contribution in [0.1, 0.15) is 40.5 Å². The first kappa shape index (κ1) is 24.5. The molecule has 0 atom stereocenters. The van der Waals surface area contributed by atoms with Crippen molar-refractivity contribution in [2.45, 2.75) is 40.5 Å². The monoisotopic (exact) mass is 314 g/mol. The molecule has 5 nitrogen and oxygen atoms in total. The van der Waals surface area contributed by atoms with E-state index in [1.54, 1.807) is 0 Å². The second-order valence-electron chi connectivity index (χ2n) is 3.16. The van der Waals surface area contributed by atoms with Gasteiger partial charge in [0.1, 0.15) is 23.1 Å². The van der Waals surface area contributed by atoms with Crippen molar-refractivity contribution in [3.63, 3.8) is 0 Å². The van der Waals surface area contributed by atoms with E-state index in [4.69, 9.17) is 0 Å². The van der Waals surface area contributed by atoms with Crippen molar-refractivity contribution in [3.8, 4) is 0 Å². The van der Waals surface area contributed by atoms with Crippen LogP contribution in [0.5, 0.6) is 0 Å². The van der Waals surface area contributed by atoms with Crippen LogP contribution in [-0.2, 0) is 45.7 Å². The maximum absolute atomic E-state index is 10.0. The molecule has 0 unspecified atom stereocenters. The molecule has 0 N–H and O–H groups in total. The van der Waals surface area contributed by atoms with Crippen LogP contribution >= 0.6 is 0 Å². The summed E-state index contributed by atoms with van der Waals surface area (Å²) in [6, 6.07) is 0. The molecule has 16 heavy (non-hydrogen) atoms. The van der Waals surface area contributed by atoms with Gasteiger partial charge in [-0.25, -0.2) is 0 Å². The van der Waals surface area contributed by atoms with Gasteiger partial charge in [0.25, 0.3) is 0 Å². The first-order valence-electron chi connectivity index (χ1n) is 4.23.